The third kappa shape index (κ3) is 5.19. The standard InChI is InChI=1S/C17H23N/c1-3-6-15(7-4-2)8-5-9-16-10-12-17(14-18)13-11-16/h3,6,10-13,15H,4-5,7-9H2,1-2H3/b6-3+. The lowest BCUT2D eigenvalue weighted by atomic mass is 9.95. The predicted molar refractivity (Wildman–Crippen MR) is 77.3 cm³/mol. The van der Waals surface area contributed by atoms with Gasteiger partial charge in [-0.3, -0.25) is 0 Å². The molecule has 1 unspecified atom stereocenters. The highest BCUT2D eigenvalue weighted by Gasteiger charge is 2.03. The topological polar surface area (TPSA) is 23.8 Å². The first-order valence-corrected chi connectivity index (χ1v) is 6.92. The Kier molecular flexibility index (Phi) is 6.87. The van der Waals surface area contributed by atoms with E-state index in [1.807, 2.05) is 12.1 Å². The first kappa shape index (κ1) is 14.5. The summed E-state index contributed by atoms with van der Waals surface area (Å²) in [7, 11) is 0. The predicted octanol–water partition coefficient (Wildman–Crippen LogP) is 4.87. The van der Waals surface area contributed by atoms with Crippen molar-refractivity contribution < 1.29 is 0 Å². The molecule has 0 spiro atoms. The van der Waals surface area contributed by atoms with Crippen LogP contribution in [0.4, 0.5) is 0 Å². The van der Waals surface area contributed by atoms with E-state index in [9.17, 15) is 0 Å². The van der Waals surface area contributed by atoms with Crippen molar-refractivity contribution in [2.45, 2.75) is 46.0 Å². The highest BCUT2D eigenvalue weighted by molar-refractivity contribution is 5.31. The van der Waals surface area contributed by atoms with Crippen LogP contribution in [-0.2, 0) is 6.42 Å². The molecule has 0 amide bonds. The van der Waals surface area contributed by atoms with Crippen molar-refractivity contribution >= 4 is 0 Å². The van der Waals surface area contributed by atoms with E-state index in [4.69, 9.17) is 5.26 Å². The summed E-state index contributed by atoms with van der Waals surface area (Å²) in [6.45, 7) is 4.35. The maximum absolute atomic E-state index is 8.74. The molecule has 1 rings (SSSR count). The molecule has 1 nitrogen and oxygen atoms in total. The number of nitriles is 1. The van der Waals surface area contributed by atoms with Gasteiger partial charge in [0.05, 0.1) is 11.6 Å². The van der Waals surface area contributed by atoms with Gasteiger partial charge in [0.25, 0.3) is 0 Å². The minimum atomic E-state index is 0.735. The molecule has 0 radical (unpaired) electrons. The number of hydrogen-bond acceptors (Lipinski definition) is 1. The van der Waals surface area contributed by atoms with Crippen LogP contribution >= 0.6 is 0 Å². The van der Waals surface area contributed by atoms with E-state index in [0.717, 1.165) is 17.9 Å². The highest BCUT2D eigenvalue weighted by atomic mass is 14.2. The van der Waals surface area contributed by atoms with E-state index in [2.05, 4.69) is 44.2 Å². The fourth-order valence-electron chi connectivity index (χ4n) is 2.29. The van der Waals surface area contributed by atoms with Gasteiger partial charge in [-0.05, 0) is 56.2 Å². The number of nitrogens with zero attached hydrogens (tertiary/aromatic N) is 1. The van der Waals surface area contributed by atoms with Gasteiger partial charge in [-0.1, -0.05) is 37.6 Å². The molecule has 0 bridgehead atoms. The largest absolute Gasteiger partial charge is 0.192 e. The minimum Gasteiger partial charge on any atom is -0.192 e. The van der Waals surface area contributed by atoms with Crippen LogP contribution < -0.4 is 0 Å². The Labute approximate surface area is 111 Å². The zero-order valence-electron chi connectivity index (χ0n) is 11.5. The molecule has 0 heterocycles. The number of benzene rings is 1. The van der Waals surface area contributed by atoms with Crippen LogP contribution in [0, 0.1) is 17.2 Å². The lowest BCUT2D eigenvalue weighted by molar-refractivity contribution is 0.516. The van der Waals surface area contributed by atoms with Gasteiger partial charge in [-0.15, -0.1) is 0 Å². The molecular weight excluding hydrogens is 218 g/mol. The summed E-state index contributed by atoms with van der Waals surface area (Å²) >= 11 is 0. The Morgan fingerprint density at radius 3 is 2.50 bits per heavy atom. The monoisotopic (exact) mass is 241 g/mol. The van der Waals surface area contributed by atoms with E-state index < -0.39 is 0 Å². The Morgan fingerprint density at radius 1 is 1.22 bits per heavy atom. The van der Waals surface area contributed by atoms with Crippen LogP contribution in [0.1, 0.15) is 50.7 Å². The molecule has 96 valence electrons. The molecule has 1 atom stereocenters. The summed E-state index contributed by atoms with van der Waals surface area (Å²) in [5.74, 6) is 0.735. The molecule has 0 saturated heterocycles. The summed E-state index contributed by atoms with van der Waals surface area (Å²) in [5.41, 5.74) is 2.08. The molecule has 0 N–H and O–H groups in total. The third-order valence-corrected chi connectivity index (χ3v) is 3.25. The van der Waals surface area contributed by atoms with E-state index in [1.165, 1.54) is 31.2 Å². The second kappa shape index (κ2) is 8.53. The van der Waals surface area contributed by atoms with Crippen LogP contribution in [0.5, 0.6) is 0 Å². The number of allylic oxidation sites excluding steroid dienone is 2. The summed E-state index contributed by atoms with van der Waals surface area (Å²) in [5, 5.41) is 8.74. The smallest absolute Gasteiger partial charge is 0.0991 e. The second-order valence-corrected chi connectivity index (χ2v) is 4.78. The van der Waals surface area contributed by atoms with Gasteiger partial charge in [0, 0.05) is 0 Å². The SMILES string of the molecule is C/C=C/C(CCC)CCCc1ccc(C#N)cc1. The Bertz CT molecular complexity index is 395. The Balaban J connectivity index is 2.37. The molecule has 1 aromatic rings. The average Bonchev–Trinajstić information content (AvgIpc) is 2.40. The third-order valence-electron chi connectivity index (χ3n) is 3.25. The minimum absolute atomic E-state index is 0.735. The van der Waals surface area contributed by atoms with Crippen molar-refractivity contribution in [3.05, 3.63) is 47.5 Å². The molecular formula is C17H23N. The molecule has 0 aliphatic carbocycles. The molecule has 0 fully saturated rings. The van der Waals surface area contributed by atoms with Crippen molar-refractivity contribution in [2.24, 2.45) is 5.92 Å². The van der Waals surface area contributed by atoms with Crippen molar-refractivity contribution in [3.8, 4) is 6.07 Å². The molecule has 1 aromatic carbocycles. The molecule has 1 heteroatoms. The summed E-state index contributed by atoms with van der Waals surface area (Å²) in [6.07, 6.45) is 10.6. The molecule has 18 heavy (non-hydrogen) atoms. The molecule has 0 aromatic heterocycles. The zero-order chi connectivity index (χ0) is 13.2. The van der Waals surface area contributed by atoms with Crippen molar-refractivity contribution in [2.75, 3.05) is 0 Å². The lowest BCUT2D eigenvalue weighted by Crippen LogP contribution is -1.97. The maximum Gasteiger partial charge on any atom is 0.0991 e. The van der Waals surface area contributed by atoms with E-state index >= 15 is 0 Å². The van der Waals surface area contributed by atoms with Gasteiger partial charge in [-0.2, -0.15) is 5.26 Å². The fourth-order valence-corrected chi connectivity index (χ4v) is 2.29. The second-order valence-electron chi connectivity index (χ2n) is 4.78. The first-order chi connectivity index (χ1) is 8.80. The van der Waals surface area contributed by atoms with E-state index in [-0.39, 0.29) is 0 Å². The highest BCUT2D eigenvalue weighted by Crippen LogP contribution is 2.17. The Morgan fingerprint density at radius 2 is 1.94 bits per heavy atom. The van der Waals surface area contributed by atoms with Crippen LogP contribution in [-0.4, -0.2) is 0 Å². The lowest BCUT2D eigenvalue weighted by Gasteiger charge is -2.11. The molecule has 0 aliphatic heterocycles. The molecule has 0 saturated carbocycles. The van der Waals surface area contributed by atoms with Crippen molar-refractivity contribution in [1.29, 1.82) is 5.26 Å². The quantitative estimate of drug-likeness (QED) is 0.624. The van der Waals surface area contributed by atoms with Crippen LogP contribution in [0.25, 0.3) is 0 Å². The number of aryl methyl sites for hydroxylation is 1. The van der Waals surface area contributed by atoms with Crippen LogP contribution in [0.2, 0.25) is 0 Å². The zero-order valence-corrected chi connectivity index (χ0v) is 11.5. The van der Waals surface area contributed by atoms with Crippen LogP contribution in [0.3, 0.4) is 0 Å². The van der Waals surface area contributed by atoms with Gasteiger partial charge >= 0.3 is 0 Å². The summed E-state index contributed by atoms with van der Waals surface area (Å²) in [6, 6.07) is 10.1. The summed E-state index contributed by atoms with van der Waals surface area (Å²) in [4.78, 5) is 0. The van der Waals surface area contributed by atoms with Gasteiger partial charge < -0.3 is 0 Å². The van der Waals surface area contributed by atoms with Gasteiger partial charge in [-0.25, -0.2) is 0 Å². The maximum atomic E-state index is 8.74. The van der Waals surface area contributed by atoms with Crippen molar-refractivity contribution in [1.82, 2.24) is 0 Å². The fraction of sp³-hybridized carbons (Fsp3) is 0.471. The van der Waals surface area contributed by atoms with E-state index in [0.29, 0.717) is 0 Å². The van der Waals surface area contributed by atoms with Gasteiger partial charge in [0.1, 0.15) is 0 Å². The Hall–Kier alpha value is -1.55. The normalized spacial score (nSPS) is 12.5. The molecule has 0 aliphatic rings. The van der Waals surface area contributed by atoms with E-state index in [1.54, 1.807) is 0 Å². The average molecular weight is 241 g/mol. The van der Waals surface area contributed by atoms with Crippen molar-refractivity contribution in [3.63, 3.8) is 0 Å². The van der Waals surface area contributed by atoms with Gasteiger partial charge in [0.15, 0.2) is 0 Å². The number of hydrogen-bond donors (Lipinski definition) is 0. The number of rotatable bonds is 7. The summed E-state index contributed by atoms with van der Waals surface area (Å²) < 4.78 is 0. The van der Waals surface area contributed by atoms with Crippen LogP contribution in [0.15, 0.2) is 36.4 Å². The van der Waals surface area contributed by atoms with Gasteiger partial charge in [0.2, 0.25) is 0 Å². The first-order valence-electron chi connectivity index (χ1n) is 6.92.